The molecule has 1 aromatic rings. The predicted molar refractivity (Wildman–Crippen MR) is 82.9 cm³/mol. The number of benzene rings is 1. The second kappa shape index (κ2) is 7.96. The van der Waals surface area contributed by atoms with Gasteiger partial charge in [-0.3, -0.25) is 0 Å². The van der Waals surface area contributed by atoms with Crippen LogP contribution in [0.3, 0.4) is 0 Å². The van der Waals surface area contributed by atoms with Crippen LogP contribution < -0.4 is 5.32 Å². The average Bonchev–Trinajstić information content (AvgIpc) is 2.38. The highest BCUT2D eigenvalue weighted by molar-refractivity contribution is 6.31. The van der Waals surface area contributed by atoms with Crippen molar-refractivity contribution in [2.24, 2.45) is 0 Å². The van der Waals surface area contributed by atoms with E-state index in [9.17, 15) is 4.39 Å². The first-order valence-corrected chi connectivity index (χ1v) is 7.59. The third-order valence-electron chi connectivity index (χ3n) is 3.43. The minimum atomic E-state index is -0.334. The highest BCUT2D eigenvalue weighted by atomic mass is 35.5. The van der Waals surface area contributed by atoms with Gasteiger partial charge < -0.3 is 10.1 Å². The quantitative estimate of drug-likeness (QED) is 0.777. The Morgan fingerprint density at radius 3 is 2.65 bits per heavy atom. The van der Waals surface area contributed by atoms with Crippen LogP contribution in [0.25, 0.3) is 0 Å². The van der Waals surface area contributed by atoms with Crippen LogP contribution in [0.15, 0.2) is 18.2 Å². The molecule has 0 radical (unpaired) electrons. The highest BCUT2D eigenvalue weighted by Gasteiger charge is 2.30. The summed E-state index contributed by atoms with van der Waals surface area (Å²) in [5, 5.41) is 4.08. The Bertz CT molecular complexity index is 423. The summed E-state index contributed by atoms with van der Waals surface area (Å²) in [6, 6.07) is 4.58. The first-order valence-electron chi connectivity index (χ1n) is 7.22. The molecular formula is C16H25ClFNO. The lowest BCUT2D eigenvalue weighted by Crippen LogP contribution is -2.50. The van der Waals surface area contributed by atoms with Crippen LogP contribution in [-0.2, 0) is 11.2 Å². The maximum Gasteiger partial charge on any atom is 0.123 e. The molecule has 0 aliphatic heterocycles. The van der Waals surface area contributed by atoms with E-state index in [1.165, 1.54) is 12.1 Å². The summed E-state index contributed by atoms with van der Waals surface area (Å²) in [6.45, 7) is 9.75. The van der Waals surface area contributed by atoms with Gasteiger partial charge in [-0.25, -0.2) is 4.39 Å². The average molecular weight is 302 g/mol. The minimum absolute atomic E-state index is 0.0849. The standard InChI is InChI=1S/C16H25ClFNO/c1-5-9-19-15(16(3,4)20-6-2)11-12-10-13(18)7-8-14(12)17/h7-8,10,15,19H,5-6,9,11H2,1-4H3. The molecule has 0 fully saturated rings. The molecule has 0 saturated heterocycles. The number of ether oxygens (including phenoxy) is 1. The first kappa shape index (κ1) is 17.4. The highest BCUT2D eigenvalue weighted by Crippen LogP contribution is 2.24. The molecule has 2 nitrogen and oxygen atoms in total. The third-order valence-corrected chi connectivity index (χ3v) is 3.80. The van der Waals surface area contributed by atoms with Gasteiger partial charge in [0, 0.05) is 17.7 Å². The van der Waals surface area contributed by atoms with Gasteiger partial charge in [-0.15, -0.1) is 0 Å². The lowest BCUT2D eigenvalue weighted by atomic mass is 9.91. The van der Waals surface area contributed by atoms with Gasteiger partial charge in [0.2, 0.25) is 0 Å². The van der Waals surface area contributed by atoms with E-state index in [-0.39, 0.29) is 17.5 Å². The molecule has 114 valence electrons. The number of hydrogen-bond acceptors (Lipinski definition) is 2. The van der Waals surface area contributed by atoms with Crippen molar-refractivity contribution in [2.75, 3.05) is 13.2 Å². The van der Waals surface area contributed by atoms with Crippen LogP contribution in [0.1, 0.15) is 39.7 Å². The molecule has 4 heteroatoms. The Hall–Kier alpha value is -0.640. The topological polar surface area (TPSA) is 21.3 Å². The van der Waals surface area contributed by atoms with E-state index in [1.807, 2.05) is 6.92 Å². The minimum Gasteiger partial charge on any atom is -0.374 e. The summed E-state index contributed by atoms with van der Waals surface area (Å²) in [5.41, 5.74) is 0.479. The SMILES string of the molecule is CCCNC(Cc1cc(F)ccc1Cl)C(C)(C)OCC. The summed E-state index contributed by atoms with van der Waals surface area (Å²) in [4.78, 5) is 0. The van der Waals surface area contributed by atoms with Crippen LogP contribution in [0, 0.1) is 5.82 Å². The lowest BCUT2D eigenvalue weighted by molar-refractivity contribution is -0.0380. The van der Waals surface area contributed by atoms with Crippen molar-refractivity contribution in [1.29, 1.82) is 0 Å². The molecule has 1 N–H and O–H groups in total. The summed E-state index contributed by atoms with van der Waals surface area (Å²) in [7, 11) is 0. The van der Waals surface area contributed by atoms with Crippen molar-refractivity contribution in [3.8, 4) is 0 Å². The van der Waals surface area contributed by atoms with Gasteiger partial charge in [0.1, 0.15) is 5.82 Å². The van der Waals surface area contributed by atoms with E-state index >= 15 is 0 Å². The molecule has 1 atom stereocenters. The number of halogens is 2. The van der Waals surface area contributed by atoms with Crippen LogP contribution in [-0.4, -0.2) is 24.8 Å². The van der Waals surface area contributed by atoms with E-state index in [0.29, 0.717) is 18.1 Å². The van der Waals surface area contributed by atoms with Gasteiger partial charge in [0.15, 0.2) is 0 Å². The summed E-state index contributed by atoms with van der Waals surface area (Å²) >= 11 is 6.17. The molecule has 1 aromatic carbocycles. The van der Waals surface area contributed by atoms with Crippen molar-refractivity contribution in [3.05, 3.63) is 34.6 Å². The van der Waals surface area contributed by atoms with Crippen molar-refractivity contribution in [3.63, 3.8) is 0 Å². The van der Waals surface area contributed by atoms with Crippen molar-refractivity contribution in [1.82, 2.24) is 5.32 Å². The van der Waals surface area contributed by atoms with Crippen LogP contribution in [0.5, 0.6) is 0 Å². The van der Waals surface area contributed by atoms with E-state index in [2.05, 4.69) is 26.1 Å². The van der Waals surface area contributed by atoms with E-state index < -0.39 is 0 Å². The molecule has 20 heavy (non-hydrogen) atoms. The van der Waals surface area contributed by atoms with Crippen molar-refractivity contribution >= 4 is 11.6 Å². The van der Waals surface area contributed by atoms with Gasteiger partial charge in [0.25, 0.3) is 0 Å². The molecule has 0 spiro atoms. The summed E-state index contributed by atoms with van der Waals surface area (Å²) in [6.07, 6.45) is 1.68. The van der Waals surface area contributed by atoms with Crippen molar-refractivity contribution < 1.29 is 9.13 Å². The molecule has 0 amide bonds. The van der Waals surface area contributed by atoms with Crippen LogP contribution in [0.4, 0.5) is 4.39 Å². The smallest absolute Gasteiger partial charge is 0.123 e. The molecule has 0 heterocycles. The molecular weight excluding hydrogens is 277 g/mol. The van der Waals surface area contributed by atoms with E-state index in [1.54, 1.807) is 6.07 Å². The molecule has 0 bridgehead atoms. The third kappa shape index (κ3) is 5.04. The first-order chi connectivity index (χ1) is 9.40. The zero-order valence-electron chi connectivity index (χ0n) is 12.8. The van der Waals surface area contributed by atoms with Gasteiger partial charge in [-0.1, -0.05) is 18.5 Å². The maximum atomic E-state index is 13.4. The number of rotatable bonds is 8. The van der Waals surface area contributed by atoms with E-state index in [0.717, 1.165) is 18.5 Å². The Morgan fingerprint density at radius 2 is 2.05 bits per heavy atom. The van der Waals surface area contributed by atoms with Gasteiger partial charge in [0.05, 0.1) is 5.60 Å². The second-order valence-corrected chi connectivity index (χ2v) is 5.89. The van der Waals surface area contributed by atoms with Gasteiger partial charge in [-0.2, -0.15) is 0 Å². The predicted octanol–water partition coefficient (Wildman–Crippen LogP) is 4.20. The Kier molecular flexibility index (Phi) is 6.93. The Morgan fingerprint density at radius 1 is 1.35 bits per heavy atom. The lowest BCUT2D eigenvalue weighted by Gasteiger charge is -2.35. The molecule has 0 aliphatic carbocycles. The van der Waals surface area contributed by atoms with Crippen molar-refractivity contribution in [2.45, 2.75) is 52.2 Å². The fraction of sp³-hybridized carbons (Fsp3) is 0.625. The fourth-order valence-corrected chi connectivity index (χ4v) is 2.47. The Labute approximate surface area is 126 Å². The molecule has 0 saturated carbocycles. The molecule has 0 aliphatic rings. The molecule has 0 aromatic heterocycles. The number of hydrogen-bond donors (Lipinski definition) is 1. The van der Waals surface area contributed by atoms with Gasteiger partial charge >= 0.3 is 0 Å². The monoisotopic (exact) mass is 301 g/mol. The summed E-state index contributed by atoms with van der Waals surface area (Å²) in [5.74, 6) is -0.257. The maximum absolute atomic E-state index is 13.4. The normalized spacial score (nSPS) is 13.5. The molecule has 1 unspecified atom stereocenters. The van der Waals surface area contributed by atoms with Crippen LogP contribution in [0.2, 0.25) is 5.02 Å². The fourth-order valence-electron chi connectivity index (χ4n) is 2.27. The van der Waals surface area contributed by atoms with Crippen LogP contribution >= 0.6 is 11.6 Å². The van der Waals surface area contributed by atoms with Gasteiger partial charge in [-0.05, 0) is 63.9 Å². The zero-order chi connectivity index (χ0) is 15.2. The summed E-state index contributed by atoms with van der Waals surface area (Å²) < 4.78 is 19.2. The largest absolute Gasteiger partial charge is 0.374 e. The second-order valence-electron chi connectivity index (χ2n) is 5.48. The zero-order valence-corrected chi connectivity index (χ0v) is 13.6. The molecule has 1 rings (SSSR count). The van der Waals surface area contributed by atoms with E-state index in [4.69, 9.17) is 16.3 Å². The Balaban J connectivity index is 2.91. The number of nitrogens with one attached hydrogen (secondary N) is 1.